The van der Waals surface area contributed by atoms with E-state index in [0.29, 0.717) is 37.3 Å². The summed E-state index contributed by atoms with van der Waals surface area (Å²) in [6.45, 7) is 3.90. The van der Waals surface area contributed by atoms with E-state index >= 15 is 0 Å². The van der Waals surface area contributed by atoms with Gasteiger partial charge >= 0.3 is 0 Å². The van der Waals surface area contributed by atoms with Gasteiger partial charge in [-0.25, -0.2) is 4.39 Å². The van der Waals surface area contributed by atoms with Crippen molar-refractivity contribution in [1.82, 2.24) is 14.7 Å². The molecule has 2 amide bonds. The number of halogens is 1. The van der Waals surface area contributed by atoms with E-state index < -0.39 is 6.17 Å². The molecule has 3 heterocycles. The first-order valence-electron chi connectivity index (χ1n) is 14.1. The molecule has 35 heavy (non-hydrogen) atoms. The number of hydrogen-bond donors (Lipinski definition) is 0. The van der Waals surface area contributed by atoms with Crippen molar-refractivity contribution in [3.63, 3.8) is 0 Å². The predicted molar refractivity (Wildman–Crippen MR) is 134 cm³/mol. The fraction of sp³-hybridized carbons (Fsp3) is 0.724. The van der Waals surface area contributed by atoms with Gasteiger partial charge in [0, 0.05) is 42.5 Å². The lowest BCUT2D eigenvalue weighted by Gasteiger charge is -2.46. The summed E-state index contributed by atoms with van der Waals surface area (Å²) in [6, 6.07) is 11.2. The molecule has 2 aliphatic carbocycles. The summed E-state index contributed by atoms with van der Waals surface area (Å²) >= 11 is 0. The molecule has 0 unspecified atom stereocenters. The lowest BCUT2D eigenvalue weighted by Crippen LogP contribution is -2.55. The van der Waals surface area contributed by atoms with Crippen molar-refractivity contribution >= 4 is 11.8 Å². The summed E-state index contributed by atoms with van der Waals surface area (Å²) in [5, 5.41) is 0. The largest absolute Gasteiger partial charge is 0.335 e. The summed E-state index contributed by atoms with van der Waals surface area (Å²) in [6.07, 6.45) is 8.91. The molecule has 0 N–H and O–H groups in total. The highest BCUT2D eigenvalue weighted by Gasteiger charge is 2.58. The number of amides is 2. The van der Waals surface area contributed by atoms with Crippen molar-refractivity contribution in [1.29, 1.82) is 0 Å². The van der Waals surface area contributed by atoms with Crippen LogP contribution in [-0.2, 0) is 9.59 Å². The monoisotopic (exact) mass is 481 g/mol. The molecule has 1 aromatic carbocycles. The Kier molecular flexibility index (Phi) is 6.14. The molecule has 3 saturated heterocycles. The van der Waals surface area contributed by atoms with Crippen LogP contribution >= 0.6 is 0 Å². The molecular weight excluding hydrogens is 441 g/mol. The number of nitrogens with zero attached hydrogens (tertiary/aromatic N) is 3. The van der Waals surface area contributed by atoms with Crippen molar-refractivity contribution in [2.45, 2.75) is 119 Å². The number of likely N-dealkylation sites (tertiary alicyclic amines) is 1. The Labute approximate surface area is 209 Å². The van der Waals surface area contributed by atoms with Gasteiger partial charge in [0.15, 0.2) is 0 Å². The van der Waals surface area contributed by atoms with Crippen LogP contribution in [0.25, 0.3) is 0 Å². The van der Waals surface area contributed by atoms with Gasteiger partial charge in [0.05, 0.1) is 0 Å². The molecule has 0 bridgehead atoms. The fourth-order valence-corrected chi connectivity index (χ4v) is 7.81. The minimum Gasteiger partial charge on any atom is -0.335 e. The minimum atomic E-state index is -0.649. The Balaban J connectivity index is 1.18. The molecule has 6 rings (SSSR count). The molecule has 0 aromatic heterocycles. The van der Waals surface area contributed by atoms with Crippen LogP contribution in [0.2, 0.25) is 0 Å². The average molecular weight is 482 g/mol. The van der Waals surface area contributed by atoms with Crippen LogP contribution in [-0.4, -0.2) is 75.5 Å². The Morgan fingerprint density at radius 1 is 1.09 bits per heavy atom. The van der Waals surface area contributed by atoms with E-state index in [9.17, 15) is 14.0 Å². The van der Waals surface area contributed by atoms with Gasteiger partial charge in [0.2, 0.25) is 11.8 Å². The first-order valence-corrected chi connectivity index (χ1v) is 14.1. The molecule has 1 spiro atoms. The lowest BCUT2D eigenvalue weighted by molar-refractivity contribution is -0.147. The first kappa shape index (κ1) is 23.4. The highest BCUT2D eigenvalue weighted by molar-refractivity contribution is 5.89. The minimum absolute atomic E-state index is 0.0239. The van der Waals surface area contributed by atoms with Crippen LogP contribution in [0, 0.1) is 0 Å². The van der Waals surface area contributed by atoms with Crippen LogP contribution in [0.15, 0.2) is 30.3 Å². The zero-order valence-electron chi connectivity index (χ0n) is 21.1. The van der Waals surface area contributed by atoms with E-state index in [1.54, 1.807) is 0 Å². The van der Waals surface area contributed by atoms with Crippen molar-refractivity contribution in [2.24, 2.45) is 0 Å². The number of fused-ring (bicyclic) bond motifs is 1. The highest BCUT2D eigenvalue weighted by atomic mass is 19.1. The van der Waals surface area contributed by atoms with E-state index in [-0.39, 0.29) is 29.4 Å². The second-order valence-electron chi connectivity index (χ2n) is 11.9. The third-order valence-electron chi connectivity index (χ3n) is 9.87. The smallest absolute Gasteiger partial charge is 0.245 e. The van der Waals surface area contributed by atoms with E-state index in [0.717, 1.165) is 64.5 Å². The molecule has 5 aliphatic rings. The number of benzene rings is 1. The first-order chi connectivity index (χ1) is 17.0. The summed E-state index contributed by atoms with van der Waals surface area (Å²) in [5.74, 6) is 0.760. The van der Waals surface area contributed by atoms with Gasteiger partial charge in [-0.2, -0.15) is 0 Å². The maximum Gasteiger partial charge on any atom is 0.245 e. The Hall–Kier alpha value is -1.95. The van der Waals surface area contributed by atoms with Crippen LogP contribution in [0.1, 0.15) is 89.0 Å². The van der Waals surface area contributed by atoms with Gasteiger partial charge in [-0.1, -0.05) is 37.3 Å². The predicted octanol–water partition coefficient (Wildman–Crippen LogP) is 4.66. The molecule has 0 radical (unpaired) electrons. The van der Waals surface area contributed by atoms with Crippen LogP contribution in [0.4, 0.5) is 4.39 Å². The third-order valence-corrected chi connectivity index (χ3v) is 9.87. The van der Waals surface area contributed by atoms with E-state index in [4.69, 9.17) is 0 Å². The number of carbonyl (C=O) groups is 2. The van der Waals surface area contributed by atoms with Crippen molar-refractivity contribution in [3.8, 4) is 0 Å². The second kappa shape index (κ2) is 9.17. The zero-order valence-corrected chi connectivity index (χ0v) is 21.1. The summed E-state index contributed by atoms with van der Waals surface area (Å²) in [5.41, 5.74) is 1.35. The van der Waals surface area contributed by atoms with Crippen molar-refractivity contribution < 1.29 is 14.0 Å². The number of alkyl halides is 1. The topological polar surface area (TPSA) is 43.9 Å². The molecule has 5 nitrogen and oxygen atoms in total. The molecule has 3 aliphatic heterocycles. The number of carbonyl (C=O) groups excluding carboxylic acids is 2. The van der Waals surface area contributed by atoms with Gasteiger partial charge in [-0.05, 0) is 76.3 Å². The third kappa shape index (κ3) is 4.20. The summed E-state index contributed by atoms with van der Waals surface area (Å²) in [4.78, 5) is 34.0. The van der Waals surface area contributed by atoms with Gasteiger partial charge in [-0.15, -0.1) is 0 Å². The number of rotatable bonds is 5. The van der Waals surface area contributed by atoms with E-state index in [1.165, 1.54) is 5.56 Å². The second-order valence-corrected chi connectivity index (χ2v) is 11.9. The van der Waals surface area contributed by atoms with Gasteiger partial charge in [0.25, 0.3) is 0 Å². The molecule has 5 fully saturated rings. The van der Waals surface area contributed by atoms with E-state index in [1.807, 2.05) is 11.0 Å². The van der Waals surface area contributed by atoms with Crippen LogP contribution < -0.4 is 0 Å². The molecule has 2 saturated carbocycles. The van der Waals surface area contributed by atoms with Crippen molar-refractivity contribution in [3.05, 3.63) is 35.9 Å². The number of hydrogen-bond acceptors (Lipinski definition) is 3. The Bertz CT molecular complexity index is 945. The van der Waals surface area contributed by atoms with Crippen molar-refractivity contribution in [2.75, 3.05) is 13.1 Å². The van der Waals surface area contributed by atoms with Gasteiger partial charge < -0.3 is 9.80 Å². The summed E-state index contributed by atoms with van der Waals surface area (Å²) < 4.78 is 13.6. The quantitative estimate of drug-likeness (QED) is 0.615. The Morgan fingerprint density at radius 2 is 1.86 bits per heavy atom. The SMILES string of the molecule is CCN(C1CC(F)C1)[C@H]1CCCC(=O)N2[C@H](CC[C@H]2C(=O)N2C[C@H](c3ccccc3)CC23CC3)C1. The maximum absolute atomic E-state index is 14.0. The molecule has 190 valence electrons. The van der Waals surface area contributed by atoms with Crippen LogP contribution in [0.3, 0.4) is 0 Å². The molecular formula is C29H40FN3O2. The van der Waals surface area contributed by atoms with Gasteiger partial charge in [0.1, 0.15) is 12.2 Å². The van der Waals surface area contributed by atoms with Gasteiger partial charge in [-0.3, -0.25) is 14.5 Å². The average Bonchev–Trinajstić information content (AvgIpc) is 3.32. The normalized spacial score (nSPS) is 36.1. The highest BCUT2D eigenvalue weighted by Crippen LogP contribution is 2.54. The zero-order chi connectivity index (χ0) is 24.2. The lowest BCUT2D eigenvalue weighted by atomic mass is 9.86. The molecule has 4 atom stereocenters. The fourth-order valence-electron chi connectivity index (χ4n) is 7.81. The maximum atomic E-state index is 14.0. The van der Waals surface area contributed by atoms with Crippen LogP contribution in [0.5, 0.6) is 0 Å². The molecule has 6 heteroatoms. The van der Waals surface area contributed by atoms with E-state index in [2.05, 4.69) is 41.0 Å². The standard InChI is InChI=1S/C29H40FN3O2/c1-2-31(25-15-22(30)16-25)23-9-6-10-27(34)33-24(17-23)11-12-26(33)28(35)32-19-21(18-29(32)13-14-29)20-7-4-3-5-8-20/h3-5,7-8,21-26H,2,6,9-19H2,1H3/t21-,22?,23+,24-,25?,26+/m1/s1. The Morgan fingerprint density at radius 3 is 2.54 bits per heavy atom. The molecule has 1 aromatic rings. The summed E-state index contributed by atoms with van der Waals surface area (Å²) in [7, 11) is 0.